The molecule has 2 aliphatic rings. The maximum atomic E-state index is 14.1. The molecule has 1 aromatic carbocycles. The number of ether oxygens (including phenoxy) is 1. The van der Waals surface area contributed by atoms with Gasteiger partial charge in [-0.25, -0.2) is 9.97 Å². The van der Waals surface area contributed by atoms with Gasteiger partial charge in [-0.3, -0.25) is 9.78 Å². The predicted molar refractivity (Wildman–Crippen MR) is 126 cm³/mol. The molecule has 2 heterocycles. The van der Waals surface area contributed by atoms with Crippen molar-refractivity contribution in [1.82, 2.24) is 15.0 Å². The number of hydrogen-bond acceptors (Lipinski definition) is 7. The molecule has 2 aliphatic carbocycles. The van der Waals surface area contributed by atoms with Crippen molar-refractivity contribution < 1.29 is 9.53 Å². The Kier molecular flexibility index (Phi) is 4.69. The minimum atomic E-state index is -1.11. The highest BCUT2D eigenvalue weighted by Gasteiger charge is 2.74. The van der Waals surface area contributed by atoms with E-state index in [4.69, 9.17) is 4.74 Å². The summed E-state index contributed by atoms with van der Waals surface area (Å²) in [4.78, 5) is 27.5. The van der Waals surface area contributed by atoms with Crippen LogP contribution < -0.4 is 4.74 Å². The molecular formula is C24H17Br2N5O2. The molecule has 33 heavy (non-hydrogen) atoms. The van der Waals surface area contributed by atoms with E-state index in [1.54, 1.807) is 6.20 Å². The molecule has 2 atom stereocenters. The Morgan fingerprint density at radius 1 is 1.06 bits per heavy atom. The van der Waals surface area contributed by atoms with E-state index in [0.29, 0.717) is 40.0 Å². The molecule has 2 unspecified atom stereocenters. The molecule has 9 heteroatoms. The molecule has 0 radical (unpaired) electrons. The van der Waals surface area contributed by atoms with E-state index >= 15 is 0 Å². The third-order valence-electron chi connectivity index (χ3n) is 7.77. The first-order valence-corrected chi connectivity index (χ1v) is 11.9. The molecule has 1 fully saturated rings. The summed E-state index contributed by atoms with van der Waals surface area (Å²) in [5, 5.41) is 19.8. The summed E-state index contributed by atoms with van der Waals surface area (Å²) in [5.74, 6) is -0.138. The topological polar surface area (TPSA) is 113 Å². The van der Waals surface area contributed by atoms with Crippen LogP contribution in [-0.2, 0) is 15.6 Å². The summed E-state index contributed by atoms with van der Waals surface area (Å²) in [7, 11) is 0. The van der Waals surface area contributed by atoms with Crippen LogP contribution in [0, 0.1) is 28.1 Å². The summed E-state index contributed by atoms with van der Waals surface area (Å²) in [6.45, 7) is 6.06. The Balaban J connectivity index is 1.72. The minimum Gasteiger partial charge on any atom is -0.422 e. The number of hydrogen-bond donors (Lipinski definition) is 0. The summed E-state index contributed by atoms with van der Waals surface area (Å²) >= 11 is 7.05. The molecular weight excluding hydrogens is 550 g/mol. The van der Waals surface area contributed by atoms with E-state index in [2.05, 4.69) is 46.8 Å². The molecule has 5 rings (SSSR count). The molecule has 1 saturated carbocycles. The van der Waals surface area contributed by atoms with E-state index in [1.807, 2.05) is 51.1 Å². The molecule has 0 N–H and O–H groups in total. The number of carbonyl (C=O) groups is 1. The van der Waals surface area contributed by atoms with Gasteiger partial charge >= 0.3 is 5.97 Å². The zero-order valence-electron chi connectivity index (χ0n) is 18.0. The standard InChI is InChI=1S/C24H17Br2N5O2/c1-22(2)23(3)6-7-24(22,20-19(23)30-15(10-27)16(11-28)31-20)21(32)33-18-14(26)9-13(25)12-5-4-8-29-17(12)18/h4-5,8-9H,6-7H2,1-3H3. The van der Waals surface area contributed by atoms with Crippen LogP contribution in [0.2, 0.25) is 0 Å². The van der Waals surface area contributed by atoms with Crippen LogP contribution >= 0.6 is 31.9 Å². The van der Waals surface area contributed by atoms with Crippen molar-refractivity contribution in [3.05, 3.63) is 56.1 Å². The first kappa shape index (κ1) is 21.9. The fraction of sp³-hybridized carbons (Fsp3) is 0.333. The van der Waals surface area contributed by atoms with Crippen LogP contribution in [0.5, 0.6) is 5.75 Å². The number of carbonyl (C=O) groups excluding carboxylic acids is 1. The van der Waals surface area contributed by atoms with E-state index < -0.39 is 22.2 Å². The van der Waals surface area contributed by atoms with Crippen molar-refractivity contribution in [1.29, 1.82) is 10.5 Å². The monoisotopic (exact) mass is 565 g/mol. The number of nitrogens with zero attached hydrogens (tertiary/aromatic N) is 5. The van der Waals surface area contributed by atoms with Crippen LogP contribution in [0.4, 0.5) is 0 Å². The average Bonchev–Trinajstić information content (AvgIpc) is 3.10. The summed E-state index contributed by atoms with van der Waals surface area (Å²) in [6, 6.07) is 9.44. The Bertz CT molecular complexity index is 1470. The van der Waals surface area contributed by atoms with Gasteiger partial charge in [-0.2, -0.15) is 10.5 Å². The second kappa shape index (κ2) is 7.06. The zero-order chi connectivity index (χ0) is 23.8. The number of nitriles is 2. The molecule has 0 aliphatic heterocycles. The first-order valence-electron chi connectivity index (χ1n) is 10.3. The lowest BCUT2D eigenvalue weighted by Gasteiger charge is -2.38. The highest BCUT2D eigenvalue weighted by Crippen LogP contribution is 2.70. The Labute approximate surface area is 207 Å². The second-order valence-electron chi connectivity index (χ2n) is 9.16. The van der Waals surface area contributed by atoms with Gasteiger partial charge in [-0.15, -0.1) is 0 Å². The molecule has 2 bridgehead atoms. The SMILES string of the molecule is CC12CCC(C(=O)Oc3c(Br)cc(Br)c4cccnc34)(c3nc(C#N)c(C#N)nc31)C2(C)C. The minimum absolute atomic E-state index is 0.0183. The van der Waals surface area contributed by atoms with Crippen LogP contribution in [0.25, 0.3) is 10.9 Å². The molecule has 2 aromatic heterocycles. The third-order valence-corrected chi connectivity index (χ3v) is 9.02. The highest BCUT2D eigenvalue weighted by atomic mass is 79.9. The number of fused-ring (bicyclic) bond motifs is 6. The summed E-state index contributed by atoms with van der Waals surface area (Å²) < 4.78 is 7.51. The van der Waals surface area contributed by atoms with Crippen LogP contribution in [0.3, 0.4) is 0 Å². The van der Waals surface area contributed by atoms with Crippen LogP contribution in [0.15, 0.2) is 33.3 Å². The molecule has 0 spiro atoms. The van der Waals surface area contributed by atoms with Gasteiger partial charge in [0.15, 0.2) is 17.1 Å². The fourth-order valence-corrected chi connectivity index (χ4v) is 6.87. The number of benzene rings is 1. The van der Waals surface area contributed by atoms with Crippen molar-refractivity contribution in [2.45, 2.75) is 44.4 Å². The fourth-order valence-electron chi connectivity index (χ4n) is 5.51. The van der Waals surface area contributed by atoms with Gasteiger partial charge in [0.05, 0.1) is 15.9 Å². The lowest BCUT2D eigenvalue weighted by atomic mass is 9.64. The maximum Gasteiger partial charge on any atom is 0.324 e. The normalized spacial score (nSPS) is 24.2. The van der Waals surface area contributed by atoms with Gasteiger partial charge in [0.25, 0.3) is 0 Å². The van der Waals surface area contributed by atoms with E-state index in [1.165, 1.54) is 0 Å². The van der Waals surface area contributed by atoms with Gasteiger partial charge in [0.2, 0.25) is 0 Å². The summed E-state index contributed by atoms with van der Waals surface area (Å²) in [5.41, 5.74) is -0.726. The van der Waals surface area contributed by atoms with E-state index in [-0.39, 0.29) is 11.4 Å². The molecule has 7 nitrogen and oxygen atoms in total. The second-order valence-corrected chi connectivity index (χ2v) is 10.9. The molecule has 0 amide bonds. The summed E-state index contributed by atoms with van der Waals surface area (Å²) in [6.07, 6.45) is 2.84. The largest absolute Gasteiger partial charge is 0.422 e. The third kappa shape index (κ3) is 2.58. The predicted octanol–water partition coefficient (Wildman–Crippen LogP) is 5.23. The number of pyridine rings is 1. The number of rotatable bonds is 2. The first-order chi connectivity index (χ1) is 15.6. The van der Waals surface area contributed by atoms with Gasteiger partial charge in [0, 0.05) is 21.5 Å². The molecule has 164 valence electrons. The van der Waals surface area contributed by atoms with E-state index in [0.717, 1.165) is 9.86 Å². The van der Waals surface area contributed by atoms with Gasteiger partial charge in [0.1, 0.15) is 23.1 Å². The number of esters is 1. The van der Waals surface area contributed by atoms with Crippen molar-refractivity contribution in [2.24, 2.45) is 5.41 Å². The highest BCUT2D eigenvalue weighted by molar-refractivity contribution is 9.11. The maximum absolute atomic E-state index is 14.1. The Hall–Kier alpha value is -2.88. The number of aromatic nitrogens is 3. The van der Waals surface area contributed by atoms with Gasteiger partial charge < -0.3 is 4.74 Å². The Morgan fingerprint density at radius 2 is 1.73 bits per heavy atom. The van der Waals surface area contributed by atoms with Crippen molar-refractivity contribution in [3.8, 4) is 17.9 Å². The molecule has 3 aromatic rings. The lowest BCUT2D eigenvalue weighted by molar-refractivity contribution is -0.145. The van der Waals surface area contributed by atoms with Crippen molar-refractivity contribution in [3.63, 3.8) is 0 Å². The van der Waals surface area contributed by atoms with Gasteiger partial charge in [-0.1, -0.05) is 42.8 Å². The smallest absolute Gasteiger partial charge is 0.324 e. The van der Waals surface area contributed by atoms with E-state index in [9.17, 15) is 15.3 Å². The number of halogens is 2. The lowest BCUT2D eigenvalue weighted by Crippen LogP contribution is -2.48. The quantitative estimate of drug-likeness (QED) is 0.308. The Morgan fingerprint density at radius 3 is 2.39 bits per heavy atom. The molecule has 0 saturated heterocycles. The van der Waals surface area contributed by atoms with Gasteiger partial charge in [-0.05, 0) is 46.3 Å². The zero-order valence-corrected chi connectivity index (χ0v) is 21.2. The van der Waals surface area contributed by atoms with Crippen LogP contribution in [-0.4, -0.2) is 20.9 Å². The van der Waals surface area contributed by atoms with Crippen molar-refractivity contribution >= 4 is 48.7 Å². The average molecular weight is 567 g/mol. The van der Waals surface area contributed by atoms with Crippen LogP contribution in [0.1, 0.15) is 56.4 Å². The van der Waals surface area contributed by atoms with Crippen molar-refractivity contribution in [2.75, 3.05) is 0 Å².